The van der Waals surface area contributed by atoms with E-state index in [4.69, 9.17) is 11.6 Å². The molecule has 0 saturated carbocycles. The SMILES string of the molecule is CC1(NC(=O)c2ccnc(Cl)c2[N+](=O)[O-])CCS(=O)(=O)C1. The number of hydrogen-bond acceptors (Lipinski definition) is 6. The van der Waals surface area contributed by atoms with Gasteiger partial charge in [0.25, 0.3) is 5.91 Å². The van der Waals surface area contributed by atoms with Crippen LogP contribution in [0.1, 0.15) is 23.7 Å². The minimum absolute atomic E-state index is 0.0248. The zero-order chi connectivity index (χ0) is 15.8. The topological polar surface area (TPSA) is 119 Å². The maximum Gasteiger partial charge on any atom is 0.319 e. The monoisotopic (exact) mass is 333 g/mol. The predicted octanol–water partition coefficient (Wildman–Crippen LogP) is 0.950. The van der Waals surface area contributed by atoms with Gasteiger partial charge in [-0.1, -0.05) is 11.6 Å². The van der Waals surface area contributed by atoms with Crippen molar-refractivity contribution in [2.75, 3.05) is 11.5 Å². The molecule has 2 rings (SSSR count). The zero-order valence-electron chi connectivity index (χ0n) is 11.0. The lowest BCUT2D eigenvalue weighted by molar-refractivity contribution is -0.385. The van der Waals surface area contributed by atoms with E-state index in [9.17, 15) is 23.3 Å². The normalized spacial score (nSPS) is 23.7. The highest BCUT2D eigenvalue weighted by Crippen LogP contribution is 2.28. The summed E-state index contributed by atoms with van der Waals surface area (Å²) in [4.78, 5) is 25.9. The smallest absolute Gasteiger partial charge is 0.319 e. The Bertz CT molecular complexity index is 721. The molecule has 1 atom stereocenters. The Labute approximate surface area is 125 Å². The lowest BCUT2D eigenvalue weighted by Crippen LogP contribution is -2.47. The van der Waals surface area contributed by atoms with Gasteiger partial charge < -0.3 is 5.32 Å². The average Bonchev–Trinajstić information content (AvgIpc) is 2.62. The van der Waals surface area contributed by atoms with Crippen LogP contribution in [0, 0.1) is 10.1 Å². The highest BCUT2D eigenvalue weighted by molar-refractivity contribution is 7.91. The Balaban J connectivity index is 2.30. The molecule has 1 aliphatic heterocycles. The summed E-state index contributed by atoms with van der Waals surface area (Å²) in [6.45, 7) is 1.59. The van der Waals surface area contributed by atoms with Crippen LogP contribution in [-0.4, -0.2) is 41.3 Å². The lowest BCUT2D eigenvalue weighted by Gasteiger charge is -2.23. The first-order valence-electron chi connectivity index (χ1n) is 5.95. The molecule has 1 aliphatic rings. The molecular formula is C11H12ClN3O5S. The summed E-state index contributed by atoms with van der Waals surface area (Å²) in [6.07, 6.45) is 1.44. The van der Waals surface area contributed by atoms with Crippen molar-refractivity contribution in [1.82, 2.24) is 10.3 Å². The first-order chi connectivity index (χ1) is 9.64. The van der Waals surface area contributed by atoms with Gasteiger partial charge in [0, 0.05) is 6.20 Å². The van der Waals surface area contributed by atoms with Gasteiger partial charge >= 0.3 is 5.69 Å². The number of carbonyl (C=O) groups is 1. The van der Waals surface area contributed by atoms with Crippen molar-refractivity contribution in [2.45, 2.75) is 18.9 Å². The third kappa shape index (κ3) is 3.30. The molecule has 1 amide bonds. The van der Waals surface area contributed by atoms with Gasteiger partial charge in [-0.05, 0) is 19.4 Å². The Hall–Kier alpha value is -1.74. The van der Waals surface area contributed by atoms with E-state index in [2.05, 4.69) is 10.3 Å². The second-order valence-electron chi connectivity index (χ2n) is 5.11. The number of nitrogens with one attached hydrogen (secondary N) is 1. The molecule has 21 heavy (non-hydrogen) atoms. The number of sulfone groups is 1. The van der Waals surface area contributed by atoms with Crippen LogP contribution in [0.5, 0.6) is 0 Å². The number of nitro groups is 1. The summed E-state index contributed by atoms with van der Waals surface area (Å²) >= 11 is 5.64. The van der Waals surface area contributed by atoms with Gasteiger partial charge in [-0.2, -0.15) is 0 Å². The molecule has 0 aliphatic carbocycles. The van der Waals surface area contributed by atoms with Crippen LogP contribution < -0.4 is 5.32 Å². The number of pyridine rings is 1. The molecule has 1 N–H and O–H groups in total. The van der Waals surface area contributed by atoms with Crippen molar-refractivity contribution in [1.29, 1.82) is 0 Å². The fourth-order valence-corrected chi connectivity index (χ4v) is 4.56. The molecule has 10 heteroatoms. The van der Waals surface area contributed by atoms with Gasteiger partial charge in [0.2, 0.25) is 5.15 Å². The molecule has 1 aromatic rings. The summed E-state index contributed by atoms with van der Waals surface area (Å²) in [5, 5.41) is 13.1. The first kappa shape index (κ1) is 15.6. The summed E-state index contributed by atoms with van der Waals surface area (Å²) in [5.74, 6) is -0.966. The summed E-state index contributed by atoms with van der Waals surface area (Å²) in [6, 6.07) is 1.17. The third-order valence-electron chi connectivity index (χ3n) is 3.23. The maximum atomic E-state index is 12.2. The number of hydrogen-bond donors (Lipinski definition) is 1. The Kier molecular flexibility index (Phi) is 3.89. The first-order valence-corrected chi connectivity index (χ1v) is 8.15. The van der Waals surface area contributed by atoms with Gasteiger partial charge in [-0.15, -0.1) is 0 Å². The van der Waals surface area contributed by atoms with Gasteiger partial charge in [0.05, 0.1) is 22.0 Å². The number of amides is 1. The Morgan fingerprint density at radius 3 is 2.76 bits per heavy atom. The van der Waals surface area contributed by atoms with Crippen LogP contribution >= 0.6 is 11.6 Å². The molecule has 0 bridgehead atoms. The fraction of sp³-hybridized carbons (Fsp3) is 0.455. The molecule has 0 spiro atoms. The predicted molar refractivity (Wildman–Crippen MR) is 75.0 cm³/mol. The van der Waals surface area contributed by atoms with E-state index in [0.29, 0.717) is 0 Å². The maximum absolute atomic E-state index is 12.2. The second kappa shape index (κ2) is 5.23. The van der Waals surface area contributed by atoms with E-state index in [0.717, 1.165) is 0 Å². The molecule has 0 radical (unpaired) electrons. The van der Waals surface area contributed by atoms with Gasteiger partial charge in [0.15, 0.2) is 9.84 Å². The van der Waals surface area contributed by atoms with Crippen molar-refractivity contribution in [2.24, 2.45) is 0 Å². The van der Waals surface area contributed by atoms with Crippen molar-refractivity contribution in [3.8, 4) is 0 Å². The molecule has 2 heterocycles. The minimum atomic E-state index is -3.20. The van der Waals surface area contributed by atoms with E-state index in [1.54, 1.807) is 6.92 Å². The highest BCUT2D eigenvalue weighted by Gasteiger charge is 2.40. The summed E-state index contributed by atoms with van der Waals surface area (Å²) in [5.41, 5.74) is -1.79. The quantitative estimate of drug-likeness (QED) is 0.499. The summed E-state index contributed by atoms with van der Waals surface area (Å²) < 4.78 is 23.0. The van der Waals surface area contributed by atoms with Crippen molar-refractivity contribution < 1.29 is 18.1 Å². The minimum Gasteiger partial charge on any atom is -0.346 e. The average molecular weight is 334 g/mol. The Morgan fingerprint density at radius 1 is 1.57 bits per heavy atom. The van der Waals surface area contributed by atoms with Gasteiger partial charge in [-0.3, -0.25) is 14.9 Å². The van der Waals surface area contributed by atoms with Crippen LogP contribution in [-0.2, 0) is 9.84 Å². The Morgan fingerprint density at radius 2 is 2.24 bits per heavy atom. The third-order valence-corrected chi connectivity index (χ3v) is 5.41. The molecule has 114 valence electrons. The largest absolute Gasteiger partial charge is 0.346 e. The van der Waals surface area contributed by atoms with Gasteiger partial charge in [-0.25, -0.2) is 13.4 Å². The zero-order valence-corrected chi connectivity index (χ0v) is 12.6. The van der Waals surface area contributed by atoms with Crippen LogP contribution in [0.2, 0.25) is 5.15 Å². The van der Waals surface area contributed by atoms with E-state index < -0.39 is 37.0 Å². The number of carbonyl (C=O) groups excluding carboxylic acids is 1. The standard InChI is InChI=1S/C11H12ClN3O5S/c1-11(3-5-21(19,20)6-11)14-10(16)7-2-4-13-9(12)8(7)15(17)18/h2,4H,3,5-6H2,1H3,(H,14,16). The molecule has 0 aromatic carbocycles. The highest BCUT2D eigenvalue weighted by atomic mass is 35.5. The van der Waals surface area contributed by atoms with Crippen LogP contribution in [0.25, 0.3) is 0 Å². The van der Waals surface area contributed by atoms with Crippen LogP contribution in [0.15, 0.2) is 12.3 Å². The number of halogens is 1. The fourth-order valence-electron chi connectivity index (χ4n) is 2.24. The number of rotatable bonds is 3. The molecular weight excluding hydrogens is 322 g/mol. The number of nitrogens with zero attached hydrogens (tertiary/aromatic N) is 2. The van der Waals surface area contributed by atoms with E-state index in [-0.39, 0.29) is 23.5 Å². The van der Waals surface area contributed by atoms with Crippen molar-refractivity contribution in [3.63, 3.8) is 0 Å². The van der Waals surface area contributed by atoms with Crippen LogP contribution in [0.3, 0.4) is 0 Å². The van der Waals surface area contributed by atoms with Crippen LogP contribution in [0.4, 0.5) is 5.69 Å². The van der Waals surface area contributed by atoms with E-state index in [1.165, 1.54) is 12.3 Å². The molecule has 1 aromatic heterocycles. The molecule has 8 nitrogen and oxygen atoms in total. The van der Waals surface area contributed by atoms with E-state index in [1.807, 2.05) is 0 Å². The molecule has 1 fully saturated rings. The molecule has 1 unspecified atom stereocenters. The van der Waals surface area contributed by atoms with E-state index >= 15 is 0 Å². The number of aromatic nitrogens is 1. The van der Waals surface area contributed by atoms with Crippen molar-refractivity contribution in [3.05, 3.63) is 33.1 Å². The van der Waals surface area contributed by atoms with Crippen molar-refractivity contribution >= 4 is 33.0 Å². The molecule has 1 saturated heterocycles. The van der Waals surface area contributed by atoms with Gasteiger partial charge in [0.1, 0.15) is 5.56 Å². The second-order valence-corrected chi connectivity index (χ2v) is 7.65. The lowest BCUT2D eigenvalue weighted by atomic mass is 10.0. The summed E-state index contributed by atoms with van der Waals surface area (Å²) in [7, 11) is -3.20.